The van der Waals surface area contributed by atoms with E-state index in [0.717, 1.165) is 6.42 Å². The van der Waals surface area contributed by atoms with Gasteiger partial charge >= 0.3 is 0 Å². The highest BCUT2D eigenvalue weighted by Gasteiger charge is 2.11. The summed E-state index contributed by atoms with van der Waals surface area (Å²) in [6, 6.07) is 5.11. The maximum absolute atomic E-state index is 13.8. The van der Waals surface area contributed by atoms with Gasteiger partial charge in [0, 0.05) is 34.2 Å². The van der Waals surface area contributed by atoms with Crippen LogP contribution in [0.1, 0.15) is 31.4 Å². The topological polar surface area (TPSA) is 43.1 Å². The fraction of sp³-hybridized carbons (Fsp3) is 0.538. The van der Waals surface area contributed by atoms with Gasteiger partial charge in [0.15, 0.2) is 0 Å². The Morgan fingerprint density at radius 1 is 1.41 bits per heavy atom. The summed E-state index contributed by atoms with van der Waals surface area (Å²) in [7, 11) is -1.00. The molecule has 2 nitrogen and oxygen atoms in total. The van der Waals surface area contributed by atoms with Gasteiger partial charge in [-0.05, 0) is 5.92 Å². The van der Waals surface area contributed by atoms with Crippen LogP contribution in [0.3, 0.4) is 0 Å². The molecule has 0 amide bonds. The van der Waals surface area contributed by atoms with Crippen LogP contribution in [-0.4, -0.2) is 9.96 Å². The normalized spacial score (nSPS) is 14.6. The summed E-state index contributed by atoms with van der Waals surface area (Å²) >= 11 is 0. The molecule has 1 aromatic carbocycles. The predicted molar refractivity (Wildman–Crippen MR) is 70.5 cm³/mol. The van der Waals surface area contributed by atoms with Crippen molar-refractivity contribution in [2.45, 2.75) is 32.6 Å². The molecule has 2 N–H and O–H groups in total. The lowest BCUT2D eigenvalue weighted by molar-refractivity contribution is 0.595. The van der Waals surface area contributed by atoms with Gasteiger partial charge in [0.25, 0.3) is 0 Å². The van der Waals surface area contributed by atoms with E-state index in [1.165, 1.54) is 0 Å². The number of nitrogens with two attached hydrogens (primary N) is 1. The van der Waals surface area contributed by atoms with Crippen molar-refractivity contribution in [2.24, 2.45) is 11.7 Å². The number of rotatable bonds is 6. The molecule has 17 heavy (non-hydrogen) atoms. The molecule has 0 spiro atoms. The van der Waals surface area contributed by atoms with E-state index in [0.29, 0.717) is 22.8 Å². The summed E-state index contributed by atoms with van der Waals surface area (Å²) in [5.41, 5.74) is 6.43. The van der Waals surface area contributed by atoms with E-state index in [-0.39, 0.29) is 18.1 Å². The Morgan fingerprint density at radius 2 is 2.06 bits per heavy atom. The van der Waals surface area contributed by atoms with Crippen LogP contribution < -0.4 is 5.73 Å². The smallest absolute Gasteiger partial charge is 0.131 e. The van der Waals surface area contributed by atoms with Crippen molar-refractivity contribution in [3.05, 3.63) is 35.1 Å². The van der Waals surface area contributed by atoms with E-state index in [1.54, 1.807) is 18.2 Å². The minimum atomic E-state index is -1.00. The van der Waals surface area contributed by atoms with Gasteiger partial charge < -0.3 is 5.73 Å². The Bertz CT molecular complexity index is 395. The quantitative estimate of drug-likeness (QED) is 0.851. The van der Waals surface area contributed by atoms with Crippen molar-refractivity contribution >= 4 is 10.8 Å². The maximum Gasteiger partial charge on any atom is 0.131 e. The molecule has 0 aliphatic carbocycles. The van der Waals surface area contributed by atoms with Crippen LogP contribution in [0.5, 0.6) is 0 Å². The highest BCUT2D eigenvalue weighted by Crippen LogP contribution is 2.15. The molecule has 0 aromatic heterocycles. The second-order valence-electron chi connectivity index (χ2n) is 4.36. The molecular weight excluding hydrogens is 237 g/mol. The van der Waals surface area contributed by atoms with Crippen LogP contribution in [-0.2, 0) is 23.1 Å². The molecule has 2 atom stereocenters. The third-order valence-corrected chi connectivity index (χ3v) is 4.44. The fourth-order valence-corrected chi connectivity index (χ4v) is 3.13. The molecule has 1 rings (SSSR count). The van der Waals surface area contributed by atoms with Gasteiger partial charge in [0.2, 0.25) is 0 Å². The summed E-state index contributed by atoms with van der Waals surface area (Å²) in [4.78, 5) is 0. The van der Waals surface area contributed by atoms with E-state index < -0.39 is 10.8 Å². The lowest BCUT2D eigenvalue weighted by Gasteiger charge is -2.10. The van der Waals surface area contributed by atoms with Crippen molar-refractivity contribution in [2.75, 3.05) is 5.75 Å². The molecule has 0 saturated heterocycles. The maximum atomic E-state index is 13.8. The van der Waals surface area contributed by atoms with Crippen LogP contribution >= 0.6 is 0 Å². The van der Waals surface area contributed by atoms with Gasteiger partial charge in [-0.25, -0.2) is 4.39 Å². The van der Waals surface area contributed by atoms with Gasteiger partial charge in [-0.15, -0.1) is 0 Å². The summed E-state index contributed by atoms with van der Waals surface area (Å²) in [6.07, 6.45) is 0.997. The van der Waals surface area contributed by atoms with Crippen LogP contribution in [0.4, 0.5) is 4.39 Å². The van der Waals surface area contributed by atoms with Crippen molar-refractivity contribution in [3.8, 4) is 0 Å². The van der Waals surface area contributed by atoms with Crippen molar-refractivity contribution in [1.29, 1.82) is 0 Å². The molecule has 96 valence electrons. The molecule has 0 aliphatic rings. The van der Waals surface area contributed by atoms with E-state index in [9.17, 15) is 8.60 Å². The minimum Gasteiger partial charge on any atom is -0.326 e. The number of hydrogen-bond acceptors (Lipinski definition) is 2. The van der Waals surface area contributed by atoms with Gasteiger partial charge in [0.1, 0.15) is 5.82 Å². The number of benzene rings is 1. The molecule has 1 aromatic rings. The second-order valence-corrected chi connectivity index (χ2v) is 5.86. The summed E-state index contributed by atoms with van der Waals surface area (Å²) in [5.74, 6) is 1.02. The molecule has 0 aliphatic heterocycles. The molecule has 0 radical (unpaired) electrons. The molecular formula is C13H20FNOS. The molecule has 0 bridgehead atoms. The van der Waals surface area contributed by atoms with Gasteiger partial charge in [-0.2, -0.15) is 0 Å². The Morgan fingerprint density at radius 3 is 2.65 bits per heavy atom. The van der Waals surface area contributed by atoms with E-state index in [1.807, 2.05) is 0 Å². The van der Waals surface area contributed by atoms with E-state index in [4.69, 9.17) is 5.73 Å². The predicted octanol–water partition coefficient (Wildman–Crippen LogP) is 2.58. The lowest BCUT2D eigenvalue weighted by atomic mass is 10.1. The van der Waals surface area contributed by atoms with Gasteiger partial charge in [-0.1, -0.05) is 38.5 Å². The zero-order valence-electron chi connectivity index (χ0n) is 10.4. The molecule has 0 saturated carbocycles. The van der Waals surface area contributed by atoms with Crippen LogP contribution in [0.15, 0.2) is 18.2 Å². The Labute approximate surface area is 105 Å². The van der Waals surface area contributed by atoms with Crippen molar-refractivity contribution in [3.63, 3.8) is 0 Å². The Hall–Kier alpha value is -0.740. The summed E-state index contributed by atoms with van der Waals surface area (Å²) in [5, 5.41) is 0. The molecule has 2 unspecified atom stereocenters. The molecule has 0 heterocycles. The second kappa shape index (κ2) is 6.87. The monoisotopic (exact) mass is 257 g/mol. The van der Waals surface area contributed by atoms with Crippen LogP contribution in [0.25, 0.3) is 0 Å². The minimum absolute atomic E-state index is 0.178. The first kappa shape index (κ1) is 14.3. The largest absolute Gasteiger partial charge is 0.326 e. The Balaban J connectivity index is 2.71. The third kappa shape index (κ3) is 4.21. The zero-order valence-corrected chi connectivity index (χ0v) is 11.2. The SMILES string of the molecule is CCC(C)CS(=O)Cc1cccc(CN)c1F. The zero-order chi connectivity index (χ0) is 12.8. The van der Waals surface area contributed by atoms with Gasteiger partial charge in [-0.3, -0.25) is 4.21 Å². The van der Waals surface area contributed by atoms with Crippen LogP contribution in [0.2, 0.25) is 0 Å². The molecule has 4 heteroatoms. The third-order valence-electron chi connectivity index (χ3n) is 2.86. The fourth-order valence-electron chi connectivity index (χ4n) is 1.57. The number of halogens is 1. The standard InChI is InChI=1S/C13H20FNOS/c1-3-10(2)8-17(16)9-12-6-4-5-11(7-15)13(12)14/h4-6,10H,3,7-9,15H2,1-2H3. The Kier molecular flexibility index (Phi) is 5.78. The average molecular weight is 257 g/mol. The van der Waals surface area contributed by atoms with Crippen molar-refractivity contribution in [1.82, 2.24) is 0 Å². The number of hydrogen-bond donors (Lipinski definition) is 1. The first-order valence-electron chi connectivity index (χ1n) is 5.89. The van der Waals surface area contributed by atoms with Crippen LogP contribution in [0, 0.1) is 11.7 Å². The van der Waals surface area contributed by atoms with E-state index in [2.05, 4.69) is 13.8 Å². The highest BCUT2D eigenvalue weighted by molar-refractivity contribution is 7.84. The lowest BCUT2D eigenvalue weighted by Crippen LogP contribution is -2.10. The van der Waals surface area contributed by atoms with Crippen molar-refractivity contribution < 1.29 is 8.60 Å². The average Bonchev–Trinajstić information content (AvgIpc) is 2.31. The first-order chi connectivity index (χ1) is 8.08. The van der Waals surface area contributed by atoms with Gasteiger partial charge in [0.05, 0.1) is 5.75 Å². The molecule has 0 fully saturated rings. The summed E-state index contributed by atoms with van der Waals surface area (Å²) < 4.78 is 25.7. The summed E-state index contributed by atoms with van der Waals surface area (Å²) in [6.45, 7) is 4.31. The van der Waals surface area contributed by atoms with E-state index >= 15 is 0 Å². The highest BCUT2D eigenvalue weighted by atomic mass is 32.2. The first-order valence-corrected chi connectivity index (χ1v) is 7.38.